The molecule has 0 aromatic heterocycles. The SMILES string of the molecule is CC(C)(C)OC(=O)NCCc1ccc(NC2CCN(C(=O)NCc3ccc(O[Si](c4ccccc4)(c4ccccc4)C(C)(C)C)cc3F)CC2)cc1. The van der Waals surface area contributed by atoms with Crippen molar-refractivity contribution >= 4 is 36.5 Å². The van der Waals surface area contributed by atoms with Gasteiger partial charge >= 0.3 is 20.4 Å². The minimum atomic E-state index is -2.90. The predicted molar refractivity (Wildman–Crippen MR) is 209 cm³/mol. The number of benzene rings is 4. The third-order valence-corrected chi connectivity index (χ3v) is 14.3. The Morgan fingerprint density at radius 1 is 0.808 bits per heavy atom. The zero-order chi connectivity index (χ0) is 37.4. The van der Waals surface area contributed by atoms with E-state index in [1.54, 1.807) is 11.0 Å². The Kier molecular flexibility index (Phi) is 12.3. The van der Waals surface area contributed by atoms with Crippen molar-refractivity contribution in [3.63, 3.8) is 0 Å². The molecule has 0 unspecified atom stereocenters. The summed E-state index contributed by atoms with van der Waals surface area (Å²) in [5.41, 5.74) is 2.02. The Bertz CT molecular complexity index is 1730. The Morgan fingerprint density at radius 2 is 1.40 bits per heavy atom. The fraction of sp³-hybridized carbons (Fsp3) is 0.381. The standard InChI is InChI=1S/C42H53FN4O4Si/c1-41(2,3)50-40(49)44-26-23-31-17-20-33(21-18-31)46-34-24-27-47(28-25-34)39(48)45-30-32-19-22-35(29-38(32)43)51-52(42(4,5)6,36-13-9-7-10-14-36)37-15-11-8-12-16-37/h7-22,29,34,46H,23-28,30H2,1-6H3,(H,44,49)(H,45,48). The van der Waals surface area contributed by atoms with Gasteiger partial charge in [0.05, 0.1) is 0 Å². The molecule has 1 fully saturated rings. The van der Waals surface area contributed by atoms with E-state index < -0.39 is 25.8 Å². The highest BCUT2D eigenvalue weighted by atomic mass is 28.4. The number of nitrogens with one attached hydrogen (secondary N) is 3. The molecule has 0 aliphatic carbocycles. The Hall–Kier alpha value is -4.83. The lowest BCUT2D eigenvalue weighted by Crippen LogP contribution is -2.68. The van der Waals surface area contributed by atoms with Gasteiger partial charge in [-0.25, -0.2) is 14.0 Å². The molecule has 5 rings (SSSR count). The van der Waals surface area contributed by atoms with Gasteiger partial charge in [0.15, 0.2) is 0 Å². The lowest BCUT2D eigenvalue weighted by atomic mass is 10.0. The molecule has 8 nitrogen and oxygen atoms in total. The van der Waals surface area contributed by atoms with Crippen LogP contribution < -0.4 is 30.7 Å². The van der Waals surface area contributed by atoms with Crippen LogP contribution in [0.5, 0.6) is 5.75 Å². The Labute approximate surface area is 309 Å². The lowest BCUT2D eigenvalue weighted by molar-refractivity contribution is 0.0528. The summed E-state index contributed by atoms with van der Waals surface area (Å²) in [7, 11) is -2.90. The van der Waals surface area contributed by atoms with Crippen molar-refractivity contribution in [1.29, 1.82) is 0 Å². The maximum atomic E-state index is 15.6. The van der Waals surface area contributed by atoms with E-state index in [2.05, 4.69) is 73.1 Å². The molecule has 1 aliphatic heterocycles. The molecule has 1 aliphatic rings. The first-order chi connectivity index (χ1) is 24.7. The number of likely N-dealkylation sites (tertiary alicyclic amines) is 1. The Balaban J connectivity index is 1.12. The summed E-state index contributed by atoms with van der Waals surface area (Å²) in [6.07, 6.45) is 1.90. The topological polar surface area (TPSA) is 91.9 Å². The quantitative estimate of drug-likeness (QED) is 0.139. The lowest BCUT2D eigenvalue weighted by Gasteiger charge is -2.43. The number of carbonyl (C=O) groups is 2. The first kappa shape index (κ1) is 38.4. The van der Waals surface area contributed by atoms with Gasteiger partial charge in [0, 0.05) is 49.5 Å². The van der Waals surface area contributed by atoms with Crippen LogP contribution in [0.2, 0.25) is 5.04 Å². The highest BCUT2D eigenvalue weighted by Gasteiger charge is 2.52. The van der Waals surface area contributed by atoms with Crippen LogP contribution in [0.4, 0.5) is 19.7 Å². The summed E-state index contributed by atoms with van der Waals surface area (Å²) in [6.45, 7) is 13.9. The van der Waals surface area contributed by atoms with Crippen molar-refractivity contribution in [3.05, 3.63) is 120 Å². The van der Waals surface area contributed by atoms with Crippen molar-refractivity contribution in [2.75, 3.05) is 25.0 Å². The zero-order valence-corrected chi connectivity index (χ0v) is 32.3. The van der Waals surface area contributed by atoms with Crippen LogP contribution in [0.15, 0.2) is 103 Å². The van der Waals surface area contributed by atoms with Gasteiger partial charge in [0.2, 0.25) is 0 Å². The molecule has 10 heteroatoms. The number of halogens is 1. The van der Waals surface area contributed by atoms with E-state index in [9.17, 15) is 9.59 Å². The van der Waals surface area contributed by atoms with Gasteiger partial charge in [-0.1, -0.05) is 99.6 Å². The molecule has 0 radical (unpaired) electrons. The van der Waals surface area contributed by atoms with Crippen molar-refractivity contribution < 1.29 is 23.1 Å². The fourth-order valence-corrected chi connectivity index (χ4v) is 11.1. The number of anilines is 1. The third kappa shape index (κ3) is 9.94. The molecule has 3 N–H and O–H groups in total. The second-order valence-electron chi connectivity index (χ2n) is 15.5. The monoisotopic (exact) mass is 724 g/mol. The summed E-state index contributed by atoms with van der Waals surface area (Å²) < 4.78 is 27.8. The molecule has 0 bridgehead atoms. The van der Waals surface area contributed by atoms with Gasteiger partial charge in [-0.3, -0.25) is 0 Å². The van der Waals surface area contributed by atoms with E-state index >= 15 is 4.39 Å². The van der Waals surface area contributed by atoms with Crippen molar-refractivity contribution in [1.82, 2.24) is 15.5 Å². The van der Waals surface area contributed by atoms with Crippen molar-refractivity contribution in [3.8, 4) is 5.75 Å². The molecular formula is C42H53FN4O4Si. The third-order valence-electron chi connectivity index (χ3n) is 9.33. The maximum absolute atomic E-state index is 15.6. The highest BCUT2D eigenvalue weighted by Crippen LogP contribution is 2.38. The van der Waals surface area contributed by atoms with Gasteiger partial charge in [-0.2, -0.15) is 0 Å². The number of alkyl carbamates (subject to hydrolysis) is 1. The average Bonchev–Trinajstić information content (AvgIpc) is 3.10. The minimum absolute atomic E-state index is 0.0853. The summed E-state index contributed by atoms with van der Waals surface area (Å²) in [6, 6.07) is 33.7. The van der Waals surface area contributed by atoms with Crippen molar-refractivity contribution in [2.45, 2.75) is 84.0 Å². The van der Waals surface area contributed by atoms with Gasteiger partial charge < -0.3 is 30.0 Å². The van der Waals surface area contributed by atoms with Gasteiger partial charge in [-0.05, 0) is 79.2 Å². The molecular weight excluding hydrogens is 672 g/mol. The normalized spacial score (nSPS) is 14.0. The molecule has 1 saturated heterocycles. The number of amides is 3. The van der Waals surface area contributed by atoms with E-state index in [0.29, 0.717) is 37.4 Å². The van der Waals surface area contributed by atoms with Gasteiger partial charge in [0.1, 0.15) is 17.2 Å². The summed E-state index contributed by atoms with van der Waals surface area (Å²) >= 11 is 0. The van der Waals surface area contributed by atoms with Crippen molar-refractivity contribution in [2.24, 2.45) is 0 Å². The number of urea groups is 1. The molecule has 4 aromatic rings. The number of nitrogens with zero attached hydrogens (tertiary/aromatic N) is 1. The number of hydrogen-bond donors (Lipinski definition) is 3. The number of rotatable bonds is 11. The van der Waals surface area contributed by atoms with Gasteiger partial charge in [0.25, 0.3) is 0 Å². The fourth-order valence-electron chi connectivity index (χ4n) is 6.70. The number of hydrogen-bond acceptors (Lipinski definition) is 5. The first-order valence-electron chi connectivity index (χ1n) is 18.2. The molecule has 276 valence electrons. The second kappa shape index (κ2) is 16.7. The van der Waals surface area contributed by atoms with Crippen LogP contribution >= 0.6 is 0 Å². The maximum Gasteiger partial charge on any atom is 0.407 e. The molecule has 4 aromatic carbocycles. The molecule has 3 amide bonds. The second-order valence-corrected chi connectivity index (χ2v) is 19.7. The molecule has 52 heavy (non-hydrogen) atoms. The Morgan fingerprint density at radius 3 is 1.94 bits per heavy atom. The van der Waals surface area contributed by atoms with E-state index in [-0.39, 0.29) is 23.7 Å². The van der Waals surface area contributed by atoms with Crippen LogP contribution in [-0.4, -0.2) is 56.6 Å². The number of carbonyl (C=O) groups excluding carboxylic acids is 2. The van der Waals surface area contributed by atoms with E-state index in [1.807, 2.05) is 75.4 Å². The smallest absolute Gasteiger partial charge is 0.407 e. The van der Waals surface area contributed by atoms with E-state index in [4.69, 9.17) is 9.16 Å². The zero-order valence-electron chi connectivity index (χ0n) is 31.3. The number of ether oxygens (including phenoxy) is 1. The van der Waals surface area contributed by atoms with Crippen LogP contribution in [0.25, 0.3) is 0 Å². The van der Waals surface area contributed by atoms with Crippen LogP contribution in [0.1, 0.15) is 65.5 Å². The predicted octanol–water partition coefficient (Wildman–Crippen LogP) is 7.62. The highest BCUT2D eigenvalue weighted by molar-refractivity contribution is 7.00. The average molecular weight is 725 g/mol. The van der Waals surface area contributed by atoms with Gasteiger partial charge in [-0.15, -0.1) is 0 Å². The minimum Gasteiger partial charge on any atom is -0.534 e. The molecule has 0 atom stereocenters. The summed E-state index contributed by atoms with van der Waals surface area (Å²) in [4.78, 5) is 26.7. The van der Waals surface area contributed by atoms with E-state index in [0.717, 1.165) is 34.5 Å². The van der Waals surface area contributed by atoms with Crippen LogP contribution in [-0.2, 0) is 17.7 Å². The molecule has 0 saturated carbocycles. The van der Waals surface area contributed by atoms with Crippen LogP contribution in [0, 0.1) is 5.82 Å². The number of piperidine rings is 1. The van der Waals surface area contributed by atoms with E-state index in [1.165, 1.54) is 6.07 Å². The molecule has 0 spiro atoms. The first-order valence-corrected chi connectivity index (χ1v) is 20.1. The summed E-state index contributed by atoms with van der Waals surface area (Å²) in [5, 5.41) is 11.3. The van der Waals surface area contributed by atoms with Crippen LogP contribution in [0.3, 0.4) is 0 Å². The molecule has 1 heterocycles. The summed E-state index contributed by atoms with van der Waals surface area (Å²) in [5.74, 6) is 0.0604. The largest absolute Gasteiger partial charge is 0.534 e.